The number of carbonyl (C=O) groups is 1. The predicted octanol–water partition coefficient (Wildman–Crippen LogP) is -1.34. The molecule has 0 unspecified atom stereocenters. The van der Waals surface area contributed by atoms with Gasteiger partial charge >= 0.3 is 5.97 Å². The zero-order chi connectivity index (χ0) is 4.28. The average Bonchev–Trinajstić information content (AvgIpc) is 1.38. The maximum absolute atomic E-state index is 9.12. The molecule has 0 aliphatic carbocycles. The Bertz CT molecular complexity index is 45.0. The van der Waals surface area contributed by atoms with Gasteiger partial charge in [-0.15, -0.1) is 12.4 Å². The second-order valence-corrected chi connectivity index (χ2v) is 0.552. The number of aliphatic hydroxyl groups is 1. The number of aliphatic hydroxyl groups excluding tert-OH is 1. The Labute approximate surface area is 46.5 Å². The van der Waals surface area contributed by atoms with Crippen LogP contribution in [0.3, 0.4) is 0 Å². The molecule has 0 bridgehead atoms. The Balaban J connectivity index is -0.0000000800. The Morgan fingerprint density at radius 3 is 1.71 bits per heavy atom. The first kappa shape index (κ1) is 15.9. The molecule has 0 rings (SSSR count). The van der Waals surface area contributed by atoms with Gasteiger partial charge in [0.05, 0.1) is 0 Å². The first-order valence-electron chi connectivity index (χ1n) is 1.10. The zero-order valence-corrected chi connectivity index (χ0v) is 4.23. The van der Waals surface area contributed by atoms with Crippen LogP contribution in [0.5, 0.6) is 0 Å². The summed E-state index contributed by atoms with van der Waals surface area (Å²) in [6.07, 6.45) is 0. The molecule has 0 amide bonds. The standard InChI is InChI=1S/C2H4O3.ClH.H2O/c3-1-2(4)5;;/h3H,1H2,(H,4,5);1H;1H2. The van der Waals surface area contributed by atoms with Crippen molar-refractivity contribution in [1.29, 1.82) is 0 Å². The predicted molar refractivity (Wildman–Crippen MR) is 25.6 cm³/mol. The van der Waals surface area contributed by atoms with Crippen LogP contribution >= 0.6 is 12.4 Å². The minimum Gasteiger partial charge on any atom is -0.480 e. The number of hydrogen-bond acceptors (Lipinski definition) is 2. The van der Waals surface area contributed by atoms with E-state index in [9.17, 15) is 0 Å². The van der Waals surface area contributed by atoms with E-state index in [1.54, 1.807) is 0 Å². The minimum absolute atomic E-state index is 0. The molecule has 0 aromatic heterocycles. The molecule has 0 spiro atoms. The van der Waals surface area contributed by atoms with Crippen molar-refractivity contribution in [2.45, 2.75) is 0 Å². The van der Waals surface area contributed by atoms with Crippen molar-refractivity contribution in [3.05, 3.63) is 0 Å². The Hall–Kier alpha value is -0.320. The van der Waals surface area contributed by atoms with Crippen molar-refractivity contribution in [2.75, 3.05) is 6.61 Å². The number of carboxylic acid groups (broad SMARTS) is 1. The molecule has 4 N–H and O–H groups in total. The van der Waals surface area contributed by atoms with Crippen molar-refractivity contribution < 1.29 is 20.5 Å². The van der Waals surface area contributed by atoms with Gasteiger partial charge in [0, 0.05) is 0 Å². The molecule has 0 aliphatic rings. The Morgan fingerprint density at radius 2 is 1.71 bits per heavy atom. The summed E-state index contributed by atoms with van der Waals surface area (Å²) in [6.45, 7) is -0.778. The fourth-order valence-corrected chi connectivity index (χ4v) is 0. The third-order valence-electron chi connectivity index (χ3n) is 0.135. The van der Waals surface area contributed by atoms with Crippen LogP contribution in [-0.4, -0.2) is 28.3 Å². The maximum atomic E-state index is 9.12. The van der Waals surface area contributed by atoms with Crippen LogP contribution in [0.25, 0.3) is 0 Å². The quantitative estimate of drug-likeness (QED) is 0.461. The molecule has 0 atom stereocenters. The normalized spacial score (nSPS) is 5.29. The molecular weight excluding hydrogens is 123 g/mol. The van der Waals surface area contributed by atoms with Gasteiger partial charge in [-0.2, -0.15) is 0 Å². The minimum atomic E-state index is -1.19. The molecule has 0 saturated carbocycles. The molecule has 4 nitrogen and oxygen atoms in total. The van der Waals surface area contributed by atoms with Crippen LogP contribution in [-0.2, 0) is 4.79 Å². The highest BCUT2D eigenvalue weighted by atomic mass is 35.5. The number of hydrogen-bond donors (Lipinski definition) is 2. The molecule has 0 fully saturated rings. The van der Waals surface area contributed by atoms with Crippen LogP contribution in [0, 0.1) is 0 Å². The largest absolute Gasteiger partial charge is 0.480 e. The van der Waals surface area contributed by atoms with Crippen LogP contribution in [0.2, 0.25) is 0 Å². The van der Waals surface area contributed by atoms with Gasteiger partial charge in [0.25, 0.3) is 0 Å². The van der Waals surface area contributed by atoms with E-state index in [0.29, 0.717) is 0 Å². The molecule has 46 valence electrons. The lowest BCUT2D eigenvalue weighted by atomic mass is 10.8. The van der Waals surface area contributed by atoms with Crippen LogP contribution < -0.4 is 0 Å². The number of aliphatic carboxylic acids is 1. The molecule has 0 aromatic rings. The highest BCUT2D eigenvalue weighted by molar-refractivity contribution is 5.85. The third kappa shape index (κ3) is 27.3. The van der Waals surface area contributed by atoms with Crippen LogP contribution in [0.15, 0.2) is 0 Å². The second kappa shape index (κ2) is 9.19. The van der Waals surface area contributed by atoms with E-state index >= 15 is 0 Å². The average molecular weight is 131 g/mol. The summed E-state index contributed by atoms with van der Waals surface area (Å²) < 4.78 is 0. The Morgan fingerprint density at radius 1 is 1.57 bits per heavy atom. The van der Waals surface area contributed by atoms with Crippen LogP contribution in [0.4, 0.5) is 0 Å². The molecule has 7 heavy (non-hydrogen) atoms. The molecule has 0 aromatic carbocycles. The number of halogens is 1. The van der Waals surface area contributed by atoms with E-state index in [4.69, 9.17) is 15.0 Å². The fraction of sp³-hybridized carbons (Fsp3) is 0.500. The van der Waals surface area contributed by atoms with Crippen molar-refractivity contribution in [3.8, 4) is 0 Å². The van der Waals surface area contributed by atoms with Gasteiger partial charge in [-0.1, -0.05) is 0 Å². The smallest absolute Gasteiger partial charge is 0.329 e. The van der Waals surface area contributed by atoms with Gasteiger partial charge in [0.2, 0.25) is 0 Å². The summed E-state index contributed by atoms with van der Waals surface area (Å²) in [5, 5.41) is 15.0. The van der Waals surface area contributed by atoms with Crippen LogP contribution in [0.1, 0.15) is 0 Å². The second-order valence-electron chi connectivity index (χ2n) is 0.552. The first-order chi connectivity index (χ1) is 2.27. The number of rotatable bonds is 1. The highest BCUT2D eigenvalue weighted by Crippen LogP contribution is 1.48. The zero-order valence-electron chi connectivity index (χ0n) is 3.42. The highest BCUT2D eigenvalue weighted by Gasteiger charge is 1.82. The lowest BCUT2D eigenvalue weighted by molar-refractivity contribution is -0.140. The Kier molecular flexibility index (Phi) is 20.9. The van der Waals surface area contributed by atoms with E-state index in [0.717, 1.165) is 0 Å². The summed E-state index contributed by atoms with van der Waals surface area (Å²) in [7, 11) is 0. The van der Waals surface area contributed by atoms with E-state index in [-0.39, 0.29) is 17.9 Å². The lowest BCUT2D eigenvalue weighted by Gasteiger charge is -1.72. The maximum Gasteiger partial charge on any atom is 0.329 e. The van der Waals surface area contributed by atoms with Gasteiger partial charge in [-0.05, 0) is 0 Å². The summed E-state index contributed by atoms with van der Waals surface area (Å²) in [4.78, 5) is 9.12. The molecule has 0 heterocycles. The van der Waals surface area contributed by atoms with E-state index < -0.39 is 12.6 Å². The topological polar surface area (TPSA) is 89.0 Å². The van der Waals surface area contributed by atoms with E-state index in [1.165, 1.54) is 0 Å². The fourth-order valence-electron chi connectivity index (χ4n) is 0. The van der Waals surface area contributed by atoms with E-state index in [2.05, 4.69) is 0 Å². The summed E-state index contributed by atoms with van der Waals surface area (Å²) in [5.74, 6) is -1.19. The lowest BCUT2D eigenvalue weighted by Crippen LogP contribution is -1.98. The third-order valence-corrected chi connectivity index (χ3v) is 0.135. The van der Waals surface area contributed by atoms with Crippen molar-refractivity contribution >= 4 is 18.4 Å². The van der Waals surface area contributed by atoms with E-state index in [1.807, 2.05) is 0 Å². The van der Waals surface area contributed by atoms with Crippen molar-refractivity contribution in [1.82, 2.24) is 0 Å². The molecule has 0 aliphatic heterocycles. The summed E-state index contributed by atoms with van der Waals surface area (Å²) in [5.41, 5.74) is 0. The van der Waals surface area contributed by atoms with Gasteiger partial charge in [0.1, 0.15) is 6.61 Å². The van der Waals surface area contributed by atoms with Crippen molar-refractivity contribution in [3.63, 3.8) is 0 Å². The molecule has 0 saturated heterocycles. The monoisotopic (exact) mass is 130 g/mol. The van der Waals surface area contributed by atoms with Gasteiger partial charge in [-0.3, -0.25) is 0 Å². The number of carboxylic acids is 1. The van der Waals surface area contributed by atoms with Gasteiger partial charge in [-0.25, -0.2) is 4.79 Å². The van der Waals surface area contributed by atoms with Gasteiger partial charge in [0.15, 0.2) is 0 Å². The van der Waals surface area contributed by atoms with Gasteiger partial charge < -0.3 is 15.7 Å². The molecule has 5 heteroatoms. The molecular formula is C2H7ClO4. The summed E-state index contributed by atoms with van der Waals surface area (Å²) >= 11 is 0. The van der Waals surface area contributed by atoms with Crippen molar-refractivity contribution in [2.24, 2.45) is 0 Å². The summed E-state index contributed by atoms with van der Waals surface area (Å²) in [6, 6.07) is 0. The molecule has 0 radical (unpaired) electrons. The SMILES string of the molecule is Cl.O.O=C(O)CO. The first-order valence-corrected chi connectivity index (χ1v) is 1.10.